The molecule has 0 radical (unpaired) electrons. The van der Waals surface area contributed by atoms with Crippen LogP contribution in [0.4, 0.5) is 0 Å². The monoisotopic (exact) mass is 320 g/mol. The number of amides is 1. The molecule has 0 aliphatic heterocycles. The second-order valence-corrected chi connectivity index (χ2v) is 5.93. The van der Waals surface area contributed by atoms with Crippen LogP contribution in [-0.2, 0) is 0 Å². The fourth-order valence-electron chi connectivity index (χ4n) is 2.50. The second kappa shape index (κ2) is 6.66. The molecule has 3 aromatic rings. The number of hydrogen-bond acceptors (Lipinski definition) is 3. The zero-order chi connectivity index (χ0) is 17.1. The van der Waals surface area contributed by atoms with Crippen LogP contribution in [0.25, 0.3) is 5.69 Å². The van der Waals surface area contributed by atoms with Crippen LogP contribution in [0.3, 0.4) is 0 Å². The van der Waals surface area contributed by atoms with Gasteiger partial charge in [0.05, 0.1) is 11.7 Å². The van der Waals surface area contributed by atoms with Crippen molar-refractivity contribution in [1.29, 1.82) is 0 Å². The Bertz CT molecular complexity index is 838. The zero-order valence-electron chi connectivity index (χ0n) is 14.0. The van der Waals surface area contributed by atoms with E-state index in [0.29, 0.717) is 5.56 Å². The van der Waals surface area contributed by atoms with Crippen LogP contribution in [0, 0.1) is 13.8 Å². The minimum absolute atomic E-state index is 0.0639. The molecule has 0 bridgehead atoms. The van der Waals surface area contributed by atoms with Gasteiger partial charge in [-0.25, -0.2) is 9.67 Å². The highest BCUT2D eigenvalue weighted by Gasteiger charge is 2.12. The number of nitrogens with zero attached hydrogens (tertiary/aromatic N) is 3. The van der Waals surface area contributed by atoms with Gasteiger partial charge in [0.2, 0.25) is 0 Å². The summed E-state index contributed by atoms with van der Waals surface area (Å²) in [6.07, 6.45) is 3.15. The van der Waals surface area contributed by atoms with E-state index in [1.165, 1.54) is 11.9 Å². The molecule has 1 aromatic heterocycles. The molecule has 1 heterocycles. The molecule has 0 aliphatic rings. The summed E-state index contributed by atoms with van der Waals surface area (Å²) < 4.78 is 1.70. The Hall–Kier alpha value is -2.95. The van der Waals surface area contributed by atoms with Gasteiger partial charge in [0, 0.05) is 5.56 Å². The number of carbonyl (C=O) groups excluding carboxylic acids is 1. The predicted molar refractivity (Wildman–Crippen MR) is 93.2 cm³/mol. The lowest BCUT2D eigenvalue weighted by Crippen LogP contribution is -2.26. The third kappa shape index (κ3) is 3.35. The first kappa shape index (κ1) is 15.9. The molecule has 0 unspecified atom stereocenters. The normalized spacial score (nSPS) is 12.0. The summed E-state index contributed by atoms with van der Waals surface area (Å²) >= 11 is 0. The minimum atomic E-state index is -0.0797. The summed E-state index contributed by atoms with van der Waals surface area (Å²) in [6, 6.07) is 13.6. The fourth-order valence-corrected chi connectivity index (χ4v) is 2.50. The molecule has 3 rings (SSSR count). The largest absolute Gasteiger partial charge is 0.346 e. The van der Waals surface area contributed by atoms with Crippen LogP contribution in [0.1, 0.15) is 40.0 Å². The maximum atomic E-state index is 12.4. The SMILES string of the molecule is Cc1ccc(C(=O)N[C@H](C)c2ccc(-n3cncn3)cc2)cc1C. The van der Waals surface area contributed by atoms with Gasteiger partial charge in [-0.05, 0) is 61.7 Å². The van der Waals surface area contributed by atoms with Gasteiger partial charge >= 0.3 is 0 Å². The van der Waals surface area contributed by atoms with Gasteiger partial charge in [-0.2, -0.15) is 5.10 Å². The van der Waals surface area contributed by atoms with Gasteiger partial charge < -0.3 is 5.32 Å². The third-order valence-corrected chi connectivity index (χ3v) is 4.19. The van der Waals surface area contributed by atoms with Crippen molar-refractivity contribution < 1.29 is 4.79 Å². The van der Waals surface area contributed by atoms with Gasteiger partial charge in [-0.15, -0.1) is 0 Å². The van der Waals surface area contributed by atoms with E-state index in [9.17, 15) is 4.79 Å². The van der Waals surface area contributed by atoms with Crippen LogP contribution in [-0.4, -0.2) is 20.7 Å². The molecule has 0 saturated heterocycles. The van der Waals surface area contributed by atoms with E-state index in [0.717, 1.165) is 16.8 Å². The van der Waals surface area contributed by atoms with E-state index >= 15 is 0 Å². The van der Waals surface area contributed by atoms with E-state index in [2.05, 4.69) is 15.4 Å². The van der Waals surface area contributed by atoms with E-state index < -0.39 is 0 Å². The average Bonchev–Trinajstić information content (AvgIpc) is 3.12. The lowest BCUT2D eigenvalue weighted by atomic mass is 10.0. The molecular weight excluding hydrogens is 300 g/mol. The first-order chi connectivity index (χ1) is 11.5. The molecule has 0 saturated carbocycles. The average molecular weight is 320 g/mol. The molecule has 24 heavy (non-hydrogen) atoms. The van der Waals surface area contributed by atoms with Crippen molar-refractivity contribution in [3.63, 3.8) is 0 Å². The number of benzene rings is 2. The summed E-state index contributed by atoms with van der Waals surface area (Å²) in [4.78, 5) is 16.3. The van der Waals surface area contributed by atoms with Crippen LogP contribution in [0.15, 0.2) is 55.1 Å². The van der Waals surface area contributed by atoms with Gasteiger partial charge in [0.1, 0.15) is 12.7 Å². The number of rotatable bonds is 4. The van der Waals surface area contributed by atoms with E-state index in [4.69, 9.17) is 0 Å². The quantitative estimate of drug-likeness (QED) is 0.802. The molecule has 5 nitrogen and oxygen atoms in total. The van der Waals surface area contributed by atoms with E-state index in [1.807, 2.05) is 63.2 Å². The Labute approximate surface area is 141 Å². The summed E-state index contributed by atoms with van der Waals surface area (Å²) in [7, 11) is 0. The maximum absolute atomic E-state index is 12.4. The number of carbonyl (C=O) groups is 1. The summed E-state index contributed by atoms with van der Waals surface area (Å²) in [5.74, 6) is -0.0639. The minimum Gasteiger partial charge on any atom is -0.346 e. The van der Waals surface area contributed by atoms with Crippen molar-refractivity contribution >= 4 is 5.91 Å². The number of nitrogens with one attached hydrogen (secondary N) is 1. The van der Waals surface area contributed by atoms with Crippen molar-refractivity contribution in [1.82, 2.24) is 20.1 Å². The van der Waals surface area contributed by atoms with E-state index in [-0.39, 0.29) is 11.9 Å². The highest BCUT2D eigenvalue weighted by atomic mass is 16.1. The van der Waals surface area contributed by atoms with Crippen LogP contribution in [0.5, 0.6) is 0 Å². The Morgan fingerprint density at radius 3 is 2.46 bits per heavy atom. The maximum Gasteiger partial charge on any atom is 0.251 e. The van der Waals surface area contributed by atoms with Crippen LogP contribution >= 0.6 is 0 Å². The number of hydrogen-bond donors (Lipinski definition) is 1. The first-order valence-corrected chi connectivity index (χ1v) is 7.87. The zero-order valence-corrected chi connectivity index (χ0v) is 14.0. The highest BCUT2D eigenvalue weighted by Crippen LogP contribution is 2.16. The lowest BCUT2D eigenvalue weighted by molar-refractivity contribution is 0.0940. The smallest absolute Gasteiger partial charge is 0.251 e. The standard InChI is InChI=1S/C19H20N4O/c1-13-4-5-17(10-14(13)2)19(24)22-15(3)16-6-8-18(9-7-16)23-12-20-11-21-23/h4-12,15H,1-3H3,(H,22,24)/t15-/m1/s1. The van der Waals surface area contributed by atoms with E-state index in [1.54, 1.807) is 11.0 Å². The predicted octanol–water partition coefficient (Wildman–Crippen LogP) is 3.38. The first-order valence-electron chi connectivity index (χ1n) is 7.87. The van der Waals surface area contributed by atoms with Gasteiger partial charge in [0.25, 0.3) is 5.91 Å². The third-order valence-electron chi connectivity index (χ3n) is 4.19. The highest BCUT2D eigenvalue weighted by molar-refractivity contribution is 5.94. The topological polar surface area (TPSA) is 59.8 Å². The van der Waals surface area contributed by atoms with Gasteiger partial charge in [0.15, 0.2) is 0 Å². The molecule has 122 valence electrons. The summed E-state index contributed by atoms with van der Waals surface area (Å²) in [6.45, 7) is 6.03. The number of aromatic nitrogens is 3. The molecule has 0 fully saturated rings. The van der Waals surface area contributed by atoms with Crippen LogP contribution < -0.4 is 5.32 Å². The Morgan fingerprint density at radius 2 is 1.83 bits per heavy atom. The lowest BCUT2D eigenvalue weighted by Gasteiger charge is -2.15. The summed E-state index contributed by atoms with van der Waals surface area (Å²) in [5, 5.41) is 7.14. The Balaban J connectivity index is 1.71. The molecule has 0 aliphatic carbocycles. The van der Waals surface area contributed by atoms with Crippen LogP contribution in [0.2, 0.25) is 0 Å². The Morgan fingerprint density at radius 1 is 1.08 bits per heavy atom. The fraction of sp³-hybridized carbons (Fsp3) is 0.211. The van der Waals surface area contributed by atoms with Crippen molar-refractivity contribution in [2.45, 2.75) is 26.8 Å². The molecule has 1 atom stereocenters. The molecule has 1 N–H and O–H groups in total. The van der Waals surface area contributed by atoms with Crippen molar-refractivity contribution in [3.05, 3.63) is 77.4 Å². The van der Waals surface area contributed by atoms with Gasteiger partial charge in [-0.1, -0.05) is 18.2 Å². The van der Waals surface area contributed by atoms with Gasteiger partial charge in [-0.3, -0.25) is 4.79 Å². The molecular formula is C19H20N4O. The molecule has 0 spiro atoms. The number of aryl methyl sites for hydroxylation is 2. The Kier molecular flexibility index (Phi) is 4.42. The second-order valence-electron chi connectivity index (χ2n) is 5.93. The summed E-state index contributed by atoms with van der Waals surface area (Å²) in [5.41, 5.74) is 4.96. The van der Waals surface area contributed by atoms with Crippen molar-refractivity contribution in [2.24, 2.45) is 0 Å². The van der Waals surface area contributed by atoms with Crippen molar-refractivity contribution in [3.8, 4) is 5.69 Å². The molecule has 5 heteroatoms. The molecule has 2 aromatic carbocycles. The van der Waals surface area contributed by atoms with Crippen molar-refractivity contribution in [2.75, 3.05) is 0 Å². The molecule has 1 amide bonds.